The molecule has 0 bridgehead atoms. The zero-order valence-corrected chi connectivity index (χ0v) is 13.2. The molecule has 0 aromatic heterocycles. The van der Waals surface area contributed by atoms with Crippen LogP contribution in [0.4, 0.5) is 10.1 Å². The summed E-state index contributed by atoms with van der Waals surface area (Å²) in [6.07, 6.45) is 0. The second-order valence-corrected chi connectivity index (χ2v) is 6.68. The Hall–Kier alpha value is -2.48. The van der Waals surface area contributed by atoms with Crippen molar-refractivity contribution in [2.75, 3.05) is 0 Å². The van der Waals surface area contributed by atoms with E-state index in [4.69, 9.17) is 4.18 Å². The molecule has 2 rings (SSSR count). The molecule has 0 atom stereocenters. The van der Waals surface area contributed by atoms with E-state index in [1.807, 2.05) is 13.8 Å². The number of hydrogen-bond donors (Lipinski definition) is 0. The SMILES string of the molecule is CC(C)c1ccc([N+](=O)[O-])c(OS(=O)(=O)c2ccc(F)cc2)c1. The molecule has 0 amide bonds. The third kappa shape index (κ3) is 3.84. The summed E-state index contributed by atoms with van der Waals surface area (Å²) < 4.78 is 42.2. The van der Waals surface area contributed by atoms with E-state index in [1.165, 1.54) is 12.1 Å². The van der Waals surface area contributed by atoms with Gasteiger partial charge < -0.3 is 4.18 Å². The number of nitro benzene ring substituents is 1. The van der Waals surface area contributed by atoms with Crippen LogP contribution in [0, 0.1) is 15.9 Å². The van der Waals surface area contributed by atoms with E-state index in [0.717, 1.165) is 24.3 Å². The summed E-state index contributed by atoms with van der Waals surface area (Å²) in [5, 5.41) is 11.1. The van der Waals surface area contributed by atoms with E-state index in [0.29, 0.717) is 5.56 Å². The van der Waals surface area contributed by atoms with Crippen molar-refractivity contribution in [1.29, 1.82) is 0 Å². The molecule has 0 spiro atoms. The van der Waals surface area contributed by atoms with Gasteiger partial charge in [-0.05, 0) is 41.8 Å². The lowest BCUT2D eigenvalue weighted by atomic mass is 10.0. The van der Waals surface area contributed by atoms with Crippen LogP contribution in [0.5, 0.6) is 5.75 Å². The minimum atomic E-state index is -4.30. The van der Waals surface area contributed by atoms with E-state index >= 15 is 0 Å². The van der Waals surface area contributed by atoms with Gasteiger partial charge in [0.05, 0.1) is 4.92 Å². The highest BCUT2D eigenvalue weighted by molar-refractivity contribution is 7.87. The van der Waals surface area contributed by atoms with E-state index in [2.05, 4.69) is 0 Å². The lowest BCUT2D eigenvalue weighted by Crippen LogP contribution is -2.11. The average Bonchev–Trinajstić information content (AvgIpc) is 2.46. The molecule has 0 saturated heterocycles. The van der Waals surface area contributed by atoms with E-state index in [-0.39, 0.29) is 16.6 Å². The average molecular weight is 339 g/mol. The summed E-state index contributed by atoms with van der Waals surface area (Å²) in [4.78, 5) is 10.0. The van der Waals surface area contributed by atoms with Crippen molar-refractivity contribution >= 4 is 15.8 Å². The Bertz CT molecular complexity index is 831. The van der Waals surface area contributed by atoms with Crippen molar-refractivity contribution < 1.29 is 21.9 Å². The first-order chi connectivity index (χ1) is 10.7. The molecule has 2 aromatic rings. The number of benzene rings is 2. The van der Waals surface area contributed by atoms with Crippen LogP contribution in [0.15, 0.2) is 47.4 Å². The topological polar surface area (TPSA) is 86.5 Å². The van der Waals surface area contributed by atoms with Crippen LogP contribution in [-0.2, 0) is 10.1 Å². The van der Waals surface area contributed by atoms with Crippen molar-refractivity contribution in [2.24, 2.45) is 0 Å². The second kappa shape index (κ2) is 6.33. The van der Waals surface area contributed by atoms with Gasteiger partial charge >= 0.3 is 15.8 Å². The lowest BCUT2D eigenvalue weighted by Gasteiger charge is -2.10. The maximum atomic E-state index is 12.9. The summed E-state index contributed by atoms with van der Waals surface area (Å²) in [6, 6.07) is 8.06. The van der Waals surface area contributed by atoms with Gasteiger partial charge in [-0.1, -0.05) is 19.9 Å². The van der Waals surface area contributed by atoms with Crippen molar-refractivity contribution in [3.8, 4) is 5.75 Å². The number of nitrogens with zero attached hydrogens (tertiary/aromatic N) is 1. The summed E-state index contributed by atoms with van der Waals surface area (Å²) in [5.41, 5.74) is 0.236. The Morgan fingerprint density at radius 3 is 2.26 bits per heavy atom. The summed E-state index contributed by atoms with van der Waals surface area (Å²) in [7, 11) is -4.30. The van der Waals surface area contributed by atoms with Crippen molar-refractivity contribution in [2.45, 2.75) is 24.7 Å². The van der Waals surface area contributed by atoms with Gasteiger partial charge in [-0.2, -0.15) is 8.42 Å². The highest BCUT2D eigenvalue weighted by atomic mass is 32.2. The smallest absolute Gasteiger partial charge is 0.339 e. The summed E-state index contributed by atoms with van der Waals surface area (Å²) in [6.45, 7) is 3.72. The van der Waals surface area contributed by atoms with E-state index < -0.39 is 26.5 Å². The van der Waals surface area contributed by atoms with Gasteiger partial charge in [-0.15, -0.1) is 0 Å². The Morgan fingerprint density at radius 2 is 1.74 bits per heavy atom. The third-order valence-corrected chi connectivity index (χ3v) is 4.40. The molecule has 122 valence electrons. The Kier molecular flexibility index (Phi) is 4.65. The first-order valence-electron chi connectivity index (χ1n) is 6.69. The molecule has 8 heteroatoms. The highest BCUT2D eigenvalue weighted by Crippen LogP contribution is 2.32. The van der Waals surface area contributed by atoms with Crippen LogP contribution in [-0.4, -0.2) is 13.3 Å². The number of halogens is 1. The molecule has 6 nitrogen and oxygen atoms in total. The van der Waals surface area contributed by atoms with Gasteiger partial charge in [-0.25, -0.2) is 4.39 Å². The second-order valence-electron chi connectivity index (χ2n) is 5.13. The fraction of sp³-hybridized carbons (Fsp3) is 0.200. The molecule has 0 heterocycles. The van der Waals surface area contributed by atoms with Crippen molar-refractivity contribution in [1.82, 2.24) is 0 Å². The van der Waals surface area contributed by atoms with Crippen LogP contribution >= 0.6 is 0 Å². The van der Waals surface area contributed by atoms with Crippen molar-refractivity contribution in [3.05, 3.63) is 64.0 Å². The Labute approximate surface area is 132 Å². The Morgan fingerprint density at radius 1 is 1.13 bits per heavy atom. The summed E-state index contributed by atoms with van der Waals surface area (Å²) in [5.74, 6) is -0.936. The van der Waals surface area contributed by atoms with Crippen molar-refractivity contribution in [3.63, 3.8) is 0 Å². The van der Waals surface area contributed by atoms with Gasteiger partial charge in [-0.3, -0.25) is 10.1 Å². The summed E-state index contributed by atoms with van der Waals surface area (Å²) >= 11 is 0. The third-order valence-electron chi connectivity index (χ3n) is 3.15. The molecule has 0 aliphatic heterocycles. The zero-order chi connectivity index (χ0) is 17.2. The molecule has 23 heavy (non-hydrogen) atoms. The standard InChI is InChI=1S/C15H14FNO5S/c1-10(2)11-3-8-14(17(18)19)15(9-11)22-23(20,21)13-6-4-12(16)5-7-13/h3-10H,1-2H3. The number of rotatable bonds is 5. The Balaban J connectivity index is 2.46. The maximum absolute atomic E-state index is 12.9. The molecular weight excluding hydrogens is 325 g/mol. The molecular formula is C15H14FNO5S. The van der Waals surface area contributed by atoms with Gasteiger partial charge in [0.25, 0.3) is 0 Å². The maximum Gasteiger partial charge on any atom is 0.339 e. The molecule has 0 radical (unpaired) electrons. The van der Waals surface area contributed by atoms with Crippen LogP contribution in [0.2, 0.25) is 0 Å². The predicted octanol–water partition coefficient (Wildman–Crippen LogP) is 3.63. The zero-order valence-electron chi connectivity index (χ0n) is 12.4. The molecule has 2 aromatic carbocycles. The van der Waals surface area contributed by atoms with Crippen LogP contribution < -0.4 is 4.18 Å². The minimum Gasteiger partial charge on any atom is -0.372 e. The molecule has 0 saturated carbocycles. The highest BCUT2D eigenvalue weighted by Gasteiger charge is 2.24. The molecule has 0 N–H and O–H groups in total. The fourth-order valence-corrected chi connectivity index (χ4v) is 2.81. The van der Waals surface area contributed by atoms with Gasteiger partial charge in [0, 0.05) is 6.07 Å². The lowest BCUT2D eigenvalue weighted by molar-refractivity contribution is -0.385. The van der Waals surface area contributed by atoms with Crippen LogP contribution in [0.1, 0.15) is 25.3 Å². The van der Waals surface area contributed by atoms with Crippen LogP contribution in [0.3, 0.4) is 0 Å². The molecule has 0 aliphatic rings. The quantitative estimate of drug-likeness (QED) is 0.472. The van der Waals surface area contributed by atoms with E-state index in [1.54, 1.807) is 6.07 Å². The normalized spacial score (nSPS) is 11.5. The molecule has 0 aliphatic carbocycles. The van der Waals surface area contributed by atoms with E-state index in [9.17, 15) is 22.9 Å². The molecule has 0 unspecified atom stereocenters. The fourth-order valence-electron chi connectivity index (χ4n) is 1.87. The first kappa shape index (κ1) is 16.9. The first-order valence-corrected chi connectivity index (χ1v) is 8.10. The number of hydrogen-bond acceptors (Lipinski definition) is 5. The van der Waals surface area contributed by atoms with Crippen LogP contribution in [0.25, 0.3) is 0 Å². The molecule has 0 fully saturated rings. The van der Waals surface area contributed by atoms with Gasteiger partial charge in [0.2, 0.25) is 5.75 Å². The van der Waals surface area contributed by atoms with Gasteiger partial charge in [0.15, 0.2) is 0 Å². The number of nitro groups is 1. The van der Waals surface area contributed by atoms with Gasteiger partial charge in [0.1, 0.15) is 10.7 Å². The monoisotopic (exact) mass is 339 g/mol. The minimum absolute atomic E-state index is 0.0340. The largest absolute Gasteiger partial charge is 0.372 e. The predicted molar refractivity (Wildman–Crippen MR) is 81.4 cm³/mol.